The highest BCUT2D eigenvalue weighted by atomic mass is 16.6. The first kappa shape index (κ1) is 56.7. The Balaban J connectivity index is 1.22. The van der Waals surface area contributed by atoms with Crippen molar-refractivity contribution in [2.45, 2.75) is 49.0 Å². The van der Waals surface area contributed by atoms with Gasteiger partial charge in [-0.1, -0.05) is 6.07 Å². The van der Waals surface area contributed by atoms with E-state index >= 15 is 14.4 Å². The van der Waals surface area contributed by atoms with Gasteiger partial charge in [-0.2, -0.15) is 0 Å². The summed E-state index contributed by atoms with van der Waals surface area (Å²) in [6.45, 7) is -1.63. The Labute approximate surface area is 480 Å². The summed E-state index contributed by atoms with van der Waals surface area (Å²) in [5.41, 5.74) is -13.3. The summed E-state index contributed by atoms with van der Waals surface area (Å²) in [4.78, 5) is 74.4. The molecule has 31 nitrogen and oxygen atoms in total. The van der Waals surface area contributed by atoms with Crippen LogP contribution in [0.15, 0.2) is 54.6 Å². The van der Waals surface area contributed by atoms with Crippen molar-refractivity contribution in [1.82, 2.24) is 0 Å². The van der Waals surface area contributed by atoms with Gasteiger partial charge in [-0.15, -0.1) is 0 Å². The molecule has 0 aromatic heterocycles. The number of ether oxygens (including phenoxy) is 6. The third kappa shape index (κ3) is 8.66. The van der Waals surface area contributed by atoms with E-state index in [-0.39, 0.29) is 5.56 Å². The summed E-state index contributed by atoms with van der Waals surface area (Å²) in [5.74, 6) is -37.9. The van der Waals surface area contributed by atoms with Crippen LogP contribution in [-0.4, -0.2) is 169 Å². The Morgan fingerprint density at radius 1 is 0.414 bits per heavy atom. The summed E-state index contributed by atoms with van der Waals surface area (Å²) >= 11 is 0. The average Bonchev–Trinajstić information content (AvgIpc) is 0.968. The number of fused-ring (bicyclic) bond motifs is 8. The molecular formula is C56H40O31. The van der Waals surface area contributed by atoms with Crippen LogP contribution in [0.25, 0.3) is 22.3 Å². The minimum Gasteiger partial charge on any atom is -0.507 e. The van der Waals surface area contributed by atoms with E-state index < -0.39 is 267 Å². The molecule has 4 aliphatic heterocycles. The van der Waals surface area contributed by atoms with Crippen LogP contribution in [-0.2, 0) is 30.1 Å². The van der Waals surface area contributed by atoms with Gasteiger partial charge in [-0.05, 0) is 48.0 Å². The minimum absolute atomic E-state index is 0.0205. The number of benzene rings is 7. The van der Waals surface area contributed by atoms with Gasteiger partial charge in [-0.3, -0.25) is 0 Å². The first-order valence-corrected chi connectivity index (χ1v) is 24.9. The predicted octanol–water partition coefficient (Wildman–Crippen LogP) is 3.30. The molecule has 0 radical (unpaired) electrons. The number of aromatic hydroxyl groups is 19. The summed E-state index contributed by atoms with van der Waals surface area (Å²) < 4.78 is 35.1. The zero-order valence-electron chi connectivity index (χ0n) is 43.1. The van der Waals surface area contributed by atoms with Crippen molar-refractivity contribution in [2.75, 3.05) is 6.61 Å². The van der Waals surface area contributed by atoms with Crippen LogP contribution in [0, 0.1) is 0 Å². The van der Waals surface area contributed by atoms with E-state index in [0.717, 1.165) is 18.2 Å². The summed E-state index contributed by atoms with van der Waals surface area (Å²) in [7, 11) is 0. The predicted molar refractivity (Wildman–Crippen MR) is 277 cm³/mol. The molecule has 4 aliphatic rings. The molecule has 0 saturated heterocycles. The highest BCUT2D eigenvalue weighted by Gasteiger charge is 2.56. The highest BCUT2D eigenvalue weighted by Crippen LogP contribution is 2.62. The fraction of sp³-hybridized carbons (Fsp3) is 0.161. The van der Waals surface area contributed by atoms with Crippen molar-refractivity contribution in [3.8, 4) is 137 Å². The third-order valence-corrected chi connectivity index (χ3v) is 14.9. The van der Waals surface area contributed by atoms with E-state index in [1.807, 2.05) is 0 Å². The molecule has 450 valence electrons. The molecule has 4 heterocycles. The quantitative estimate of drug-likeness (QED) is 0.0668. The van der Waals surface area contributed by atoms with Crippen LogP contribution in [0.5, 0.6) is 115 Å². The van der Waals surface area contributed by atoms with E-state index in [0.29, 0.717) is 30.3 Å². The van der Waals surface area contributed by atoms with Gasteiger partial charge in [0.2, 0.25) is 23.0 Å². The second-order valence-electron chi connectivity index (χ2n) is 19.9. The molecule has 31 heteroatoms. The standard InChI is InChI=1S/C56H40O31/c57-18-2-1-12(3-19(18)58)48-26(65)6-14-27(83-48)10-20(59)32(37(14)66)35-34-36-33(45(74)47(76)46(34)75)31-17(9-25(64)41(70)44(31)73)55(80)87-51(50(35)86-56(36)81)49-28(84-52(77)13-4-21(60)38(67)22(61)5-13)11-82-53(78)15-7-23(62)39(68)42(71)29(15)30-16(54(79)85-49)8-24(63)40(69)43(30)72/h1-5,7-10,26,28,35,48-51,57-76H,6,11H2/t26?,28-,35-,48?,49-,50+,51+/m1/s1. The maximum absolute atomic E-state index is 15.3. The molecule has 2 bridgehead atoms. The van der Waals surface area contributed by atoms with Gasteiger partial charge >= 0.3 is 29.8 Å². The average molecular weight is 1210 g/mol. The third-order valence-electron chi connectivity index (χ3n) is 14.9. The van der Waals surface area contributed by atoms with Gasteiger partial charge in [-0.25, -0.2) is 24.0 Å². The highest BCUT2D eigenvalue weighted by molar-refractivity contribution is 6.11. The minimum atomic E-state index is -3.00. The normalized spacial score (nSPS) is 20.4. The molecule has 7 aromatic carbocycles. The molecule has 0 saturated carbocycles. The van der Waals surface area contributed by atoms with Crippen molar-refractivity contribution in [1.29, 1.82) is 0 Å². The number of carbonyl (C=O) groups is 5. The van der Waals surface area contributed by atoms with E-state index in [1.54, 1.807) is 0 Å². The van der Waals surface area contributed by atoms with Crippen molar-refractivity contribution >= 4 is 29.8 Å². The van der Waals surface area contributed by atoms with Crippen LogP contribution in [0.4, 0.5) is 0 Å². The van der Waals surface area contributed by atoms with Gasteiger partial charge in [0.15, 0.2) is 99.2 Å². The lowest BCUT2D eigenvalue weighted by atomic mass is 9.74. The van der Waals surface area contributed by atoms with E-state index in [9.17, 15) is 112 Å². The number of hydrogen-bond acceptors (Lipinski definition) is 31. The monoisotopic (exact) mass is 1210 g/mol. The lowest BCUT2D eigenvalue weighted by molar-refractivity contribution is -0.135. The van der Waals surface area contributed by atoms with Gasteiger partial charge in [0.25, 0.3) is 0 Å². The molecule has 87 heavy (non-hydrogen) atoms. The van der Waals surface area contributed by atoms with Crippen LogP contribution in [0.2, 0.25) is 0 Å². The number of phenols is 19. The molecule has 11 rings (SSSR count). The van der Waals surface area contributed by atoms with Crippen molar-refractivity contribution in [3.63, 3.8) is 0 Å². The molecule has 0 amide bonds. The summed E-state index contributed by atoms with van der Waals surface area (Å²) in [6, 6.07) is 6.01. The van der Waals surface area contributed by atoms with Gasteiger partial charge < -0.3 is 131 Å². The fourth-order valence-corrected chi connectivity index (χ4v) is 10.9. The second-order valence-corrected chi connectivity index (χ2v) is 19.9. The SMILES string of the molecule is O=C(O[C@@H]1COC(=O)c2cc(O)c(O)c(O)c2-c2c(cc(O)c(O)c2O)C(=O)O[C@H]1[C@@H]1OC(=O)c2cc(O)c(O)c(O)c2-c2c(O)c(O)c(O)c3c2C(=O)O[C@H]1[C@@H]3c1c(O)cc2c(c1O)CC(O)C(c1ccc(O)c(O)c1)O2)c1cc(O)c(O)c(O)c1. The number of phenolic OH excluding ortho intramolecular Hbond substituents is 19. The number of hydrogen-bond donors (Lipinski definition) is 20. The fourth-order valence-electron chi connectivity index (χ4n) is 10.9. The van der Waals surface area contributed by atoms with Gasteiger partial charge in [0, 0.05) is 51.4 Å². The first-order chi connectivity index (χ1) is 41.0. The lowest BCUT2D eigenvalue weighted by Crippen LogP contribution is -2.56. The van der Waals surface area contributed by atoms with Crippen molar-refractivity contribution in [3.05, 3.63) is 105 Å². The van der Waals surface area contributed by atoms with E-state index in [4.69, 9.17) is 28.4 Å². The number of esters is 5. The summed E-state index contributed by atoms with van der Waals surface area (Å²) in [5, 5.41) is 222. The molecule has 7 atom stereocenters. The van der Waals surface area contributed by atoms with Gasteiger partial charge in [0.05, 0.1) is 39.8 Å². The molecule has 0 spiro atoms. The number of rotatable bonds is 5. The molecule has 0 aliphatic carbocycles. The van der Waals surface area contributed by atoms with E-state index in [2.05, 4.69) is 0 Å². The van der Waals surface area contributed by atoms with Crippen LogP contribution < -0.4 is 4.74 Å². The Kier molecular flexibility index (Phi) is 13.1. The largest absolute Gasteiger partial charge is 0.507 e. The van der Waals surface area contributed by atoms with Gasteiger partial charge in [0.1, 0.15) is 30.0 Å². The Morgan fingerprint density at radius 3 is 1.46 bits per heavy atom. The smallest absolute Gasteiger partial charge is 0.339 e. The molecule has 2 unspecified atom stereocenters. The number of aliphatic hydroxyl groups excluding tert-OH is 1. The summed E-state index contributed by atoms with van der Waals surface area (Å²) in [6.07, 6.45) is -15.4. The van der Waals surface area contributed by atoms with Crippen LogP contribution in [0.3, 0.4) is 0 Å². The first-order valence-electron chi connectivity index (χ1n) is 24.9. The molecule has 7 aromatic rings. The molecular weight excluding hydrogens is 1170 g/mol. The molecule has 20 N–H and O–H groups in total. The molecule has 0 fully saturated rings. The zero-order valence-corrected chi connectivity index (χ0v) is 43.1. The topological polar surface area (TPSA) is 545 Å². The van der Waals surface area contributed by atoms with Crippen LogP contribution in [0.1, 0.15) is 86.1 Å². The van der Waals surface area contributed by atoms with Crippen LogP contribution >= 0.6 is 0 Å². The van der Waals surface area contributed by atoms with Crippen molar-refractivity contribution < 1.29 is 155 Å². The Morgan fingerprint density at radius 2 is 0.908 bits per heavy atom. The number of carbonyl (C=O) groups excluding carboxylic acids is 5. The Bertz CT molecular complexity index is 4220. The maximum atomic E-state index is 15.3. The maximum Gasteiger partial charge on any atom is 0.339 e. The van der Waals surface area contributed by atoms with E-state index in [1.165, 1.54) is 6.07 Å². The number of aliphatic hydroxyl groups is 1. The zero-order chi connectivity index (χ0) is 63.0. The van der Waals surface area contributed by atoms with Crippen molar-refractivity contribution in [2.24, 2.45) is 0 Å². The Hall–Kier alpha value is -12.2. The number of cyclic esters (lactones) is 3. The lowest BCUT2D eigenvalue weighted by Gasteiger charge is -2.43. The second kappa shape index (κ2) is 20.0.